The van der Waals surface area contributed by atoms with Gasteiger partial charge in [0.15, 0.2) is 0 Å². The minimum atomic E-state index is -2.35. The van der Waals surface area contributed by atoms with Crippen LogP contribution in [0.2, 0.25) is 0 Å². The predicted octanol–water partition coefficient (Wildman–Crippen LogP) is 6.59. The van der Waals surface area contributed by atoms with E-state index < -0.39 is 13.7 Å². The molecular weight excluding hydrogens is 302 g/mol. The Hall–Kier alpha value is -2.67. The van der Waals surface area contributed by atoms with E-state index in [-0.39, 0.29) is 11.1 Å². The van der Waals surface area contributed by atoms with Gasteiger partial charge in [-0.2, -0.15) is 0 Å². The fourth-order valence-electron chi connectivity index (χ4n) is 3.28. The van der Waals surface area contributed by atoms with Gasteiger partial charge in [-0.25, -0.2) is 0 Å². The minimum absolute atomic E-state index is 0.200. The zero-order valence-electron chi connectivity index (χ0n) is 20.4. The van der Waals surface area contributed by atoms with Crippen molar-refractivity contribution in [3.05, 3.63) is 76.9 Å². The van der Waals surface area contributed by atoms with Crippen molar-refractivity contribution in [2.75, 3.05) is 0 Å². The molecule has 0 spiro atoms. The highest BCUT2D eigenvalue weighted by Gasteiger charge is 2.13. The fraction of sp³-hybridized carbons (Fsp3) is 0.208. The molecule has 1 heterocycles. The second-order valence-corrected chi connectivity index (χ2v) is 6.66. The van der Waals surface area contributed by atoms with E-state index in [9.17, 15) is 0 Å². The molecule has 3 aromatic carbocycles. The number of fused-ring (bicyclic) bond motifs is 1. The molecule has 0 aliphatic carbocycles. The summed E-state index contributed by atoms with van der Waals surface area (Å²) in [5.41, 5.74) is 7.05. The molecule has 0 atom stereocenters. The molecule has 0 aromatic heterocycles. The van der Waals surface area contributed by atoms with E-state index >= 15 is 0 Å². The Labute approximate surface area is 158 Å². The molecule has 0 saturated heterocycles. The summed E-state index contributed by atoms with van der Waals surface area (Å²) in [4.78, 5) is 4.57. The third kappa shape index (κ3) is 2.91. The van der Waals surface area contributed by atoms with Crippen molar-refractivity contribution in [2.24, 2.45) is 4.99 Å². The van der Waals surface area contributed by atoms with Crippen molar-refractivity contribution in [3.8, 4) is 22.3 Å². The molecule has 1 heteroatoms. The van der Waals surface area contributed by atoms with Crippen molar-refractivity contribution in [2.45, 2.75) is 34.0 Å². The zero-order valence-corrected chi connectivity index (χ0v) is 14.4. The monoisotopic (exact) mass is 331 g/mol. The van der Waals surface area contributed by atoms with Gasteiger partial charge < -0.3 is 0 Å². The smallest absolute Gasteiger partial charge is 0.0671 e. The van der Waals surface area contributed by atoms with Crippen LogP contribution in [0.25, 0.3) is 22.3 Å². The maximum absolute atomic E-state index is 8.09. The van der Waals surface area contributed by atoms with Crippen LogP contribution in [-0.4, -0.2) is 5.71 Å². The Morgan fingerprint density at radius 2 is 1.48 bits per heavy atom. The average Bonchev–Trinajstić information content (AvgIpc) is 3.05. The predicted molar refractivity (Wildman–Crippen MR) is 108 cm³/mol. The van der Waals surface area contributed by atoms with Crippen LogP contribution in [0.3, 0.4) is 0 Å². The van der Waals surface area contributed by atoms with Crippen LogP contribution in [-0.2, 0) is 6.42 Å². The molecule has 25 heavy (non-hydrogen) atoms. The van der Waals surface area contributed by atoms with E-state index in [0.717, 1.165) is 28.9 Å². The number of hydrogen-bond donors (Lipinski definition) is 0. The molecule has 1 nitrogen and oxygen atoms in total. The first-order chi connectivity index (χ1) is 14.4. The van der Waals surface area contributed by atoms with Gasteiger partial charge in [0.05, 0.1) is 5.69 Å². The largest absolute Gasteiger partial charge is 0.257 e. The third-order valence-corrected chi connectivity index (χ3v) is 4.74. The van der Waals surface area contributed by atoms with E-state index in [2.05, 4.69) is 4.99 Å². The molecule has 1 aliphatic rings. The molecule has 0 saturated carbocycles. The second-order valence-electron chi connectivity index (χ2n) is 6.66. The Bertz CT molecular complexity index is 1200. The molecule has 0 bridgehead atoms. The van der Waals surface area contributed by atoms with Gasteiger partial charge in [0.25, 0.3) is 0 Å². The summed E-state index contributed by atoms with van der Waals surface area (Å²) < 4.78 is 47.6. The van der Waals surface area contributed by atoms with Crippen molar-refractivity contribution in [3.63, 3.8) is 0 Å². The molecule has 4 rings (SSSR count). The molecule has 0 fully saturated rings. The summed E-state index contributed by atoms with van der Waals surface area (Å²) in [7, 11) is 0. The van der Waals surface area contributed by atoms with E-state index in [1.54, 1.807) is 37.3 Å². The summed E-state index contributed by atoms with van der Waals surface area (Å²) in [5.74, 6) is 0. The van der Waals surface area contributed by atoms with Gasteiger partial charge in [-0.05, 0) is 78.1 Å². The molecule has 3 aromatic rings. The first kappa shape index (κ1) is 10.4. The number of benzene rings is 3. The molecule has 124 valence electrons. The Morgan fingerprint density at radius 3 is 2.32 bits per heavy atom. The van der Waals surface area contributed by atoms with E-state index in [0.29, 0.717) is 16.7 Å². The van der Waals surface area contributed by atoms with Gasteiger partial charge in [0.2, 0.25) is 0 Å². The molecule has 0 N–H and O–H groups in total. The highest BCUT2D eigenvalue weighted by Crippen LogP contribution is 2.34. The number of aryl methyl sites for hydroxylation is 3. The lowest BCUT2D eigenvalue weighted by atomic mass is 9.93. The van der Waals surface area contributed by atoms with Crippen LogP contribution in [0.15, 0.2) is 59.6 Å². The van der Waals surface area contributed by atoms with Crippen molar-refractivity contribution >= 4 is 11.4 Å². The van der Waals surface area contributed by atoms with Gasteiger partial charge in [0, 0.05) is 20.4 Å². The lowest BCUT2D eigenvalue weighted by molar-refractivity contribution is 1.33. The van der Waals surface area contributed by atoms with Crippen LogP contribution < -0.4 is 0 Å². The lowest BCUT2D eigenvalue weighted by Gasteiger charge is -2.11. The highest BCUT2D eigenvalue weighted by atomic mass is 14.8. The summed E-state index contributed by atoms with van der Waals surface area (Å²) in [5, 5.41) is 0. The van der Waals surface area contributed by atoms with Gasteiger partial charge >= 0.3 is 0 Å². The Kier molecular flexibility index (Phi) is 2.48. The molecule has 0 unspecified atom stereocenters. The first-order valence-electron chi connectivity index (χ1n) is 11.4. The SMILES string of the molecule is [2H]C([2H])([2H])c1cc(-c2ccc(-c3ccc4c(c3)N=C(C)C4)cc2C([2H])([2H])[2H])ccc1C. The van der Waals surface area contributed by atoms with Crippen LogP contribution in [0.4, 0.5) is 5.69 Å². The standard InChI is InChI=1S/C24H23N/c1-15-5-6-21(11-16(15)2)23-10-9-19(12-17(23)3)20-7-8-22-13-18(4)25-24(22)14-20/h5-12,14H,13H2,1-4H3/i2D3,3D3. The Morgan fingerprint density at radius 1 is 0.760 bits per heavy atom. The van der Waals surface area contributed by atoms with E-state index in [1.807, 2.05) is 31.2 Å². The van der Waals surface area contributed by atoms with Crippen LogP contribution in [0, 0.1) is 20.6 Å². The number of aliphatic imine (C=N–C) groups is 1. The summed E-state index contributed by atoms with van der Waals surface area (Å²) in [6.45, 7) is -0.862. The van der Waals surface area contributed by atoms with E-state index in [1.165, 1.54) is 5.56 Å². The van der Waals surface area contributed by atoms with Gasteiger partial charge in [0.1, 0.15) is 0 Å². The normalized spacial score (nSPS) is 17.4. The number of hydrogen-bond acceptors (Lipinski definition) is 1. The zero-order chi connectivity index (χ0) is 22.6. The highest BCUT2D eigenvalue weighted by molar-refractivity contribution is 5.93. The van der Waals surface area contributed by atoms with Crippen LogP contribution in [0.1, 0.15) is 37.4 Å². The maximum atomic E-state index is 8.09. The first-order valence-corrected chi connectivity index (χ1v) is 8.37. The van der Waals surface area contributed by atoms with E-state index in [4.69, 9.17) is 8.22 Å². The number of rotatable bonds is 2. The average molecular weight is 331 g/mol. The topological polar surface area (TPSA) is 12.4 Å². The van der Waals surface area contributed by atoms with Crippen molar-refractivity contribution in [1.82, 2.24) is 0 Å². The summed E-state index contributed by atoms with van der Waals surface area (Å²) in [6, 6.07) is 16.4. The van der Waals surface area contributed by atoms with Crippen molar-refractivity contribution in [1.29, 1.82) is 0 Å². The summed E-state index contributed by atoms with van der Waals surface area (Å²) >= 11 is 0. The van der Waals surface area contributed by atoms with Gasteiger partial charge in [-0.1, -0.05) is 48.5 Å². The minimum Gasteiger partial charge on any atom is -0.257 e. The number of nitrogens with zero attached hydrogens (tertiary/aromatic N) is 1. The quantitative estimate of drug-likeness (QED) is 0.502. The van der Waals surface area contributed by atoms with Crippen LogP contribution >= 0.6 is 0 Å². The van der Waals surface area contributed by atoms with Gasteiger partial charge in [-0.15, -0.1) is 0 Å². The molecule has 0 radical (unpaired) electrons. The second kappa shape index (κ2) is 6.00. The Balaban J connectivity index is 1.85. The lowest BCUT2D eigenvalue weighted by Crippen LogP contribution is -1.89. The third-order valence-electron chi connectivity index (χ3n) is 4.74. The van der Waals surface area contributed by atoms with Crippen molar-refractivity contribution < 1.29 is 8.22 Å². The fourth-order valence-corrected chi connectivity index (χ4v) is 3.28. The maximum Gasteiger partial charge on any atom is 0.0671 e. The molecule has 0 amide bonds. The molecule has 1 aliphatic heterocycles. The van der Waals surface area contributed by atoms with Gasteiger partial charge in [-0.3, -0.25) is 4.99 Å². The van der Waals surface area contributed by atoms with Crippen LogP contribution in [0.5, 0.6) is 0 Å². The molecular formula is C24H23N. The summed E-state index contributed by atoms with van der Waals surface area (Å²) in [6.07, 6.45) is 0.842.